The molecule has 1 N–H and O–H groups in total. The van der Waals surface area contributed by atoms with E-state index in [9.17, 15) is 13.6 Å². The van der Waals surface area contributed by atoms with Gasteiger partial charge in [0, 0.05) is 6.07 Å². The van der Waals surface area contributed by atoms with Crippen LogP contribution < -0.4 is 0 Å². The summed E-state index contributed by atoms with van der Waals surface area (Å²) in [5.74, 6) is -3.40. The minimum absolute atomic E-state index is 0.00282. The summed E-state index contributed by atoms with van der Waals surface area (Å²) in [6.45, 7) is 1.45. The summed E-state index contributed by atoms with van der Waals surface area (Å²) in [7, 11) is 0. The highest BCUT2D eigenvalue weighted by Gasteiger charge is 2.16. The van der Waals surface area contributed by atoms with Crippen molar-refractivity contribution in [1.29, 1.82) is 0 Å². The van der Waals surface area contributed by atoms with Gasteiger partial charge < -0.3 is 5.11 Å². The van der Waals surface area contributed by atoms with Gasteiger partial charge in [0.05, 0.1) is 10.9 Å². The second kappa shape index (κ2) is 4.57. The van der Waals surface area contributed by atoms with Gasteiger partial charge in [0.15, 0.2) is 0 Å². The molecule has 5 heteroatoms. The topological polar surface area (TPSA) is 37.3 Å². The van der Waals surface area contributed by atoms with Gasteiger partial charge in [-0.1, -0.05) is 18.5 Å². The van der Waals surface area contributed by atoms with Crippen molar-refractivity contribution < 1.29 is 18.7 Å². The Balaban J connectivity index is 2.99. The molecule has 0 aliphatic carbocycles. The third-order valence-electron chi connectivity index (χ3n) is 2.02. The molecule has 82 valence electrons. The first-order valence-corrected chi connectivity index (χ1v) is 4.66. The number of carboxylic acids is 1. The van der Waals surface area contributed by atoms with Crippen molar-refractivity contribution in [2.24, 2.45) is 5.92 Å². The first-order valence-electron chi connectivity index (χ1n) is 4.28. The molecule has 0 amide bonds. The number of carbonyl (C=O) groups is 1. The predicted molar refractivity (Wildman–Crippen MR) is 51.9 cm³/mol. The average Bonchev–Trinajstić information content (AvgIpc) is 2.13. The molecule has 1 aromatic rings. The van der Waals surface area contributed by atoms with Crippen molar-refractivity contribution in [1.82, 2.24) is 0 Å². The van der Waals surface area contributed by atoms with E-state index < -0.39 is 23.5 Å². The van der Waals surface area contributed by atoms with Crippen LogP contribution in [0.25, 0.3) is 0 Å². The highest BCUT2D eigenvalue weighted by molar-refractivity contribution is 6.31. The molecule has 0 aliphatic rings. The lowest BCUT2D eigenvalue weighted by molar-refractivity contribution is -0.141. The summed E-state index contributed by atoms with van der Waals surface area (Å²) in [6.07, 6.45) is 0.00282. The maximum absolute atomic E-state index is 13.0. The SMILES string of the molecule is CC(Cc1cc(F)cc(F)c1Cl)C(=O)O. The van der Waals surface area contributed by atoms with Gasteiger partial charge in [0.2, 0.25) is 0 Å². The molecule has 1 rings (SSSR count). The summed E-state index contributed by atoms with van der Waals surface area (Å²) in [6, 6.07) is 1.71. The van der Waals surface area contributed by atoms with Gasteiger partial charge in [0.1, 0.15) is 11.6 Å². The van der Waals surface area contributed by atoms with Crippen molar-refractivity contribution in [3.05, 3.63) is 34.4 Å². The second-order valence-corrected chi connectivity index (χ2v) is 3.68. The van der Waals surface area contributed by atoms with Crippen molar-refractivity contribution in [3.63, 3.8) is 0 Å². The quantitative estimate of drug-likeness (QED) is 0.817. The lowest BCUT2D eigenvalue weighted by Crippen LogP contribution is -2.12. The Hall–Kier alpha value is -1.16. The number of benzene rings is 1. The van der Waals surface area contributed by atoms with E-state index in [0.29, 0.717) is 6.07 Å². The van der Waals surface area contributed by atoms with Gasteiger partial charge >= 0.3 is 5.97 Å². The Morgan fingerprint density at radius 3 is 2.67 bits per heavy atom. The van der Waals surface area contributed by atoms with Crippen LogP contribution in [0.5, 0.6) is 0 Å². The van der Waals surface area contributed by atoms with E-state index in [1.54, 1.807) is 0 Å². The molecule has 2 nitrogen and oxygen atoms in total. The van der Waals surface area contributed by atoms with Crippen LogP contribution in [0.1, 0.15) is 12.5 Å². The fourth-order valence-corrected chi connectivity index (χ4v) is 1.36. The molecule has 1 unspecified atom stereocenters. The minimum atomic E-state index is -1.03. The molecule has 0 fully saturated rings. The fourth-order valence-electron chi connectivity index (χ4n) is 1.17. The van der Waals surface area contributed by atoms with Crippen LogP contribution in [0.2, 0.25) is 5.02 Å². The van der Waals surface area contributed by atoms with Crippen LogP contribution in [0, 0.1) is 17.6 Å². The van der Waals surface area contributed by atoms with Crippen LogP contribution in [0.15, 0.2) is 12.1 Å². The zero-order chi connectivity index (χ0) is 11.6. The van der Waals surface area contributed by atoms with Crippen LogP contribution in [-0.2, 0) is 11.2 Å². The summed E-state index contributed by atoms with van der Waals surface area (Å²) < 4.78 is 25.8. The van der Waals surface area contributed by atoms with E-state index in [0.717, 1.165) is 6.07 Å². The van der Waals surface area contributed by atoms with E-state index in [-0.39, 0.29) is 17.0 Å². The number of halogens is 3. The molecule has 0 heterocycles. The van der Waals surface area contributed by atoms with Crippen LogP contribution in [-0.4, -0.2) is 11.1 Å². The van der Waals surface area contributed by atoms with E-state index >= 15 is 0 Å². The number of rotatable bonds is 3. The Morgan fingerprint density at radius 2 is 2.13 bits per heavy atom. The molecular formula is C10H9ClF2O2. The molecule has 1 aromatic carbocycles. The largest absolute Gasteiger partial charge is 0.481 e. The first-order chi connectivity index (χ1) is 6.91. The minimum Gasteiger partial charge on any atom is -0.481 e. The van der Waals surface area contributed by atoms with Gasteiger partial charge in [-0.2, -0.15) is 0 Å². The van der Waals surface area contributed by atoms with E-state index in [2.05, 4.69) is 0 Å². The smallest absolute Gasteiger partial charge is 0.306 e. The van der Waals surface area contributed by atoms with Crippen LogP contribution >= 0.6 is 11.6 Å². The number of hydrogen-bond donors (Lipinski definition) is 1. The van der Waals surface area contributed by atoms with Gasteiger partial charge in [-0.05, 0) is 18.1 Å². The maximum Gasteiger partial charge on any atom is 0.306 e. The number of aliphatic carboxylic acids is 1. The monoisotopic (exact) mass is 234 g/mol. The third-order valence-corrected chi connectivity index (χ3v) is 2.44. The highest BCUT2D eigenvalue weighted by Crippen LogP contribution is 2.24. The molecule has 0 aliphatic heterocycles. The lowest BCUT2D eigenvalue weighted by Gasteiger charge is -2.08. The maximum atomic E-state index is 13.0. The first kappa shape index (κ1) is 11.9. The summed E-state index contributed by atoms with van der Waals surface area (Å²) in [5.41, 5.74) is 0.170. The zero-order valence-electron chi connectivity index (χ0n) is 7.93. The molecule has 1 atom stereocenters. The molecule has 0 bridgehead atoms. The van der Waals surface area contributed by atoms with E-state index in [1.165, 1.54) is 6.92 Å². The molecule has 0 saturated heterocycles. The summed E-state index contributed by atoms with van der Waals surface area (Å²) in [5, 5.41) is 8.42. The summed E-state index contributed by atoms with van der Waals surface area (Å²) >= 11 is 5.58. The van der Waals surface area contributed by atoms with E-state index in [1.807, 2.05) is 0 Å². The second-order valence-electron chi connectivity index (χ2n) is 3.30. The van der Waals surface area contributed by atoms with Crippen molar-refractivity contribution >= 4 is 17.6 Å². The van der Waals surface area contributed by atoms with Gasteiger partial charge in [-0.25, -0.2) is 8.78 Å². The Morgan fingerprint density at radius 1 is 1.53 bits per heavy atom. The molecular weight excluding hydrogens is 226 g/mol. The third kappa shape index (κ3) is 2.89. The standard InChI is InChI=1S/C10H9ClF2O2/c1-5(10(14)15)2-6-3-7(12)4-8(13)9(6)11/h3-5H,2H2,1H3,(H,14,15). The zero-order valence-corrected chi connectivity index (χ0v) is 8.68. The van der Waals surface area contributed by atoms with Gasteiger partial charge in [0.25, 0.3) is 0 Å². The molecule has 15 heavy (non-hydrogen) atoms. The van der Waals surface area contributed by atoms with Crippen LogP contribution in [0.4, 0.5) is 8.78 Å². The fraction of sp³-hybridized carbons (Fsp3) is 0.300. The highest BCUT2D eigenvalue weighted by atomic mass is 35.5. The summed E-state index contributed by atoms with van der Waals surface area (Å²) in [4.78, 5) is 10.6. The normalized spacial score (nSPS) is 12.5. The Bertz CT molecular complexity index is 393. The van der Waals surface area contributed by atoms with E-state index in [4.69, 9.17) is 16.7 Å². The van der Waals surface area contributed by atoms with Crippen LogP contribution in [0.3, 0.4) is 0 Å². The number of hydrogen-bond acceptors (Lipinski definition) is 1. The van der Waals surface area contributed by atoms with Crippen molar-refractivity contribution in [3.8, 4) is 0 Å². The average molecular weight is 235 g/mol. The lowest BCUT2D eigenvalue weighted by atomic mass is 10.0. The molecule has 0 saturated carbocycles. The molecule has 0 aromatic heterocycles. The Kier molecular flexibility index (Phi) is 3.63. The Labute approximate surface area is 90.5 Å². The molecule has 0 spiro atoms. The predicted octanol–water partition coefficient (Wildman–Crippen LogP) is 2.88. The molecule has 0 radical (unpaired) electrons. The van der Waals surface area contributed by atoms with Crippen molar-refractivity contribution in [2.45, 2.75) is 13.3 Å². The number of carboxylic acid groups (broad SMARTS) is 1. The van der Waals surface area contributed by atoms with Gasteiger partial charge in [-0.15, -0.1) is 0 Å². The van der Waals surface area contributed by atoms with Crippen molar-refractivity contribution in [2.75, 3.05) is 0 Å². The van der Waals surface area contributed by atoms with Gasteiger partial charge in [-0.3, -0.25) is 4.79 Å².